The van der Waals surface area contributed by atoms with Crippen molar-refractivity contribution in [2.75, 3.05) is 13.1 Å². The zero-order chi connectivity index (χ0) is 9.80. The average molecular weight is 196 g/mol. The van der Waals surface area contributed by atoms with Gasteiger partial charge < -0.3 is 10.6 Å². The Morgan fingerprint density at radius 2 is 1.93 bits per heavy atom. The van der Waals surface area contributed by atoms with Gasteiger partial charge in [0.15, 0.2) is 0 Å². The van der Waals surface area contributed by atoms with E-state index < -0.39 is 0 Å². The topological polar surface area (TPSA) is 24.1 Å². The largest absolute Gasteiger partial charge is 0.315 e. The summed E-state index contributed by atoms with van der Waals surface area (Å²) in [7, 11) is 0. The molecule has 0 aromatic carbocycles. The van der Waals surface area contributed by atoms with Crippen molar-refractivity contribution < 1.29 is 0 Å². The van der Waals surface area contributed by atoms with E-state index in [1.54, 1.807) is 0 Å². The first-order valence-corrected chi connectivity index (χ1v) is 6.33. The van der Waals surface area contributed by atoms with E-state index in [2.05, 4.69) is 17.6 Å². The van der Waals surface area contributed by atoms with E-state index in [-0.39, 0.29) is 0 Å². The molecule has 0 aromatic rings. The van der Waals surface area contributed by atoms with Crippen LogP contribution in [0.1, 0.15) is 45.4 Å². The molecule has 2 aliphatic rings. The number of hydrogen-bond acceptors (Lipinski definition) is 2. The molecule has 2 nitrogen and oxygen atoms in total. The Morgan fingerprint density at radius 3 is 2.57 bits per heavy atom. The Hall–Kier alpha value is -0.0800. The van der Waals surface area contributed by atoms with Crippen molar-refractivity contribution in [3.63, 3.8) is 0 Å². The highest BCUT2D eigenvalue weighted by atomic mass is 15.0. The molecular formula is C12H24N2. The molecule has 2 fully saturated rings. The van der Waals surface area contributed by atoms with Gasteiger partial charge in [-0.25, -0.2) is 0 Å². The van der Waals surface area contributed by atoms with Crippen molar-refractivity contribution in [2.24, 2.45) is 5.92 Å². The molecule has 2 heteroatoms. The highest BCUT2D eigenvalue weighted by molar-refractivity contribution is 4.83. The van der Waals surface area contributed by atoms with Crippen LogP contribution >= 0.6 is 0 Å². The molecule has 0 spiro atoms. The SMILES string of the molecule is CC(NC1CCNC1)C1CCCCC1. The molecule has 2 rings (SSSR count). The molecule has 0 radical (unpaired) electrons. The monoisotopic (exact) mass is 196 g/mol. The molecule has 2 atom stereocenters. The van der Waals surface area contributed by atoms with Gasteiger partial charge in [0.05, 0.1) is 0 Å². The Balaban J connectivity index is 1.72. The van der Waals surface area contributed by atoms with E-state index in [1.807, 2.05) is 0 Å². The van der Waals surface area contributed by atoms with Crippen molar-refractivity contribution in [3.8, 4) is 0 Å². The van der Waals surface area contributed by atoms with Crippen LogP contribution in [0.15, 0.2) is 0 Å². The smallest absolute Gasteiger partial charge is 0.0207 e. The van der Waals surface area contributed by atoms with Crippen molar-refractivity contribution in [1.29, 1.82) is 0 Å². The normalized spacial score (nSPS) is 31.9. The van der Waals surface area contributed by atoms with Gasteiger partial charge >= 0.3 is 0 Å². The van der Waals surface area contributed by atoms with E-state index in [4.69, 9.17) is 0 Å². The summed E-state index contributed by atoms with van der Waals surface area (Å²) in [5.74, 6) is 0.948. The molecule has 1 aliphatic heterocycles. The minimum absolute atomic E-state index is 0.736. The van der Waals surface area contributed by atoms with Crippen LogP contribution in [0.5, 0.6) is 0 Å². The molecule has 1 saturated heterocycles. The second-order valence-corrected chi connectivity index (χ2v) is 5.04. The summed E-state index contributed by atoms with van der Waals surface area (Å²) in [6.07, 6.45) is 8.60. The summed E-state index contributed by atoms with van der Waals surface area (Å²) in [4.78, 5) is 0. The van der Waals surface area contributed by atoms with E-state index >= 15 is 0 Å². The number of rotatable bonds is 3. The van der Waals surface area contributed by atoms with Crippen LogP contribution in [-0.2, 0) is 0 Å². The minimum Gasteiger partial charge on any atom is -0.315 e. The van der Waals surface area contributed by atoms with E-state index in [0.29, 0.717) is 0 Å². The van der Waals surface area contributed by atoms with Crippen LogP contribution in [0.3, 0.4) is 0 Å². The standard InChI is InChI=1S/C12H24N2/c1-10(11-5-3-2-4-6-11)14-12-7-8-13-9-12/h10-14H,2-9H2,1H3. The summed E-state index contributed by atoms with van der Waals surface area (Å²) in [5.41, 5.74) is 0. The van der Waals surface area contributed by atoms with E-state index in [9.17, 15) is 0 Å². The van der Waals surface area contributed by atoms with Crippen molar-refractivity contribution >= 4 is 0 Å². The first-order valence-electron chi connectivity index (χ1n) is 6.33. The van der Waals surface area contributed by atoms with Crippen LogP contribution in [0.4, 0.5) is 0 Å². The van der Waals surface area contributed by atoms with Crippen molar-refractivity contribution in [1.82, 2.24) is 10.6 Å². The quantitative estimate of drug-likeness (QED) is 0.720. The lowest BCUT2D eigenvalue weighted by atomic mass is 9.84. The van der Waals surface area contributed by atoms with Gasteiger partial charge in [0, 0.05) is 18.6 Å². The zero-order valence-electron chi connectivity index (χ0n) is 9.39. The van der Waals surface area contributed by atoms with Crippen molar-refractivity contribution in [2.45, 2.75) is 57.5 Å². The fourth-order valence-electron chi connectivity index (χ4n) is 2.94. The van der Waals surface area contributed by atoms with Gasteiger partial charge in [-0.1, -0.05) is 19.3 Å². The molecule has 1 heterocycles. The zero-order valence-corrected chi connectivity index (χ0v) is 9.39. The molecule has 14 heavy (non-hydrogen) atoms. The van der Waals surface area contributed by atoms with Gasteiger partial charge in [0.25, 0.3) is 0 Å². The molecule has 2 N–H and O–H groups in total. The molecule has 1 saturated carbocycles. The maximum absolute atomic E-state index is 3.79. The van der Waals surface area contributed by atoms with E-state index in [0.717, 1.165) is 18.0 Å². The molecular weight excluding hydrogens is 172 g/mol. The van der Waals surface area contributed by atoms with Crippen molar-refractivity contribution in [3.05, 3.63) is 0 Å². The molecule has 0 amide bonds. The number of nitrogens with one attached hydrogen (secondary N) is 2. The van der Waals surface area contributed by atoms with Gasteiger partial charge in [-0.15, -0.1) is 0 Å². The second-order valence-electron chi connectivity index (χ2n) is 5.04. The number of hydrogen-bond donors (Lipinski definition) is 2. The summed E-state index contributed by atoms with van der Waals surface area (Å²) in [5, 5.41) is 7.20. The van der Waals surface area contributed by atoms with Crippen LogP contribution in [0, 0.1) is 5.92 Å². The first kappa shape index (κ1) is 10.4. The lowest BCUT2D eigenvalue weighted by molar-refractivity contribution is 0.267. The lowest BCUT2D eigenvalue weighted by Gasteiger charge is -2.30. The van der Waals surface area contributed by atoms with Gasteiger partial charge in [-0.05, 0) is 38.6 Å². The summed E-state index contributed by atoms with van der Waals surface area (Å²) in [6, 6.07) is 1.48. The minimum atomic E-state index is 0.736. The molecule has 1 aliphatic carbocycles. The maximum atomic E-state index is 3.79. The second kappa shape index (κ2) is 5.13. The predicted octanol–water partition coefficient (Wildman–Crippen LogP) is 1.91. The Bertz CT molecular complexity index is 158. The Morgan fingerprint density at radius 1 is 1.14 bits per heavy atom. The third-order valence-electron chi connectivity index (χ3n) is 3.92. The molecule has 0 aromatic heterocycles. The van der Waals surface area contributed by atoms with Gasteiger partial charge in [-0.2, -0.15) is 0 Å². The highest BCUT2D eigenvalue weighted by Gasteiger charge is 2.23. The molecule has 0 bridgehead atoms. The maximum Gasteiger partial charge on any atom is 0.0207 e. The first-order chi connectivity index (χ1) is 6.86. The van der Waals surface area contributed by atoms with E-state index in [1.165, 1.54) is 51.6 Å². The van der Waals surface area contributed by atoms with Crippen LogP contribution in [0.2, 0.25) is 0 Å². The summed E-state index contributed by atoms with van der Waals surface area (Å²) in [6.45, 7) is 4.76. The highest BCUT2D eigenvalue weighted by Crippen LogP contribution is 2.26. The summed E-state index contributed by atoms with van der Waals surface area (Å²) >= 11 is 0. The molecule has 2 unspecified atom stereocenters. The van der Waals surface area contributed by atoms with Gasteiger partial charge in [0.1, 0.15) is 0 Å². The van der Waals surface area contributed by atoms with Gasteiger partial charge in [-0.3, -0.25) is 0 Å². The third-order valence-corrected chi connectivity index (χ3v) is 3.92. The van der Waals surface area contributed by atoms with Crippen LogP contribution in [0.25, 0.3) is 0 Å². The average Bonchev–Trinajstić information content (AvgIpc) is 2.72. The third kappa shape index (κ3) is 2.71. The van der Waals surface area contributed by atoms with Crippen LogP contribution < -0.4 is 10.6 Å². The van der Waals surface area contributed by atoms with Gasteiger partial charge in [0.2, 0.25) is 0 Å². The molecule has 82 valence electrons. The fourth-order valence-corrected chi connectivity index (χ4v) is 2.94. The Labute approximate surface area is 87.8 Å². The summed E-state index contributed by atoms with van der Waals surface area (Å²) < 4.78 is 0. The fraction of sp³-hybridized carbons (Fsp3) is 1.00. The predicted molar refractivity (Wildman–Crippen MR) is 60.4 cm³/mol. The van der Waals surface area contributed by atoms with Crippen LogP contribution in [-0.4, -0.2) is 25.2 Å². The lowest BCUT2D eigenvalue weighted by Crippen LogP contribution is -2.42. The Kier molecular flexibility index (Phi) is 3.82.